The average Bonchev–Trinajstić information content (AvgIpc) is 2.59. The molecule has 0 saturated heterocycles. The van der Waals surface area contributed by atoms with Gasteiger partial charge in [-0.2, -0.15) is 13.2 Å². The fraction of sp³-hybridized carbons (Fsp3) is 0.316. The third kappa shape index (κ3) is 5.24. The molecule has 2 rings (SSSR count). The van der Waals surface area contributed by atoms with Gasteiger partial charge in [-0.3, -0.25) is 4.79 Å². The van der Waals surface area contributed by atoms with E-state index in [1.807, 2.05) is 25.1 Å². The Morgan fingerprint density at radius 1 is 1.16 bits per heavy atom. The van der Waals surface area contributed by atoms with E-state index in [0.29, 0.717) is 11.3 Å². The summed E-state index contributed by atoms with van der Waals surface area (Å²) in [4.78, 5) is 12.1. The fourth-order valence-electron chi connectivity index (χ4n) is 2.35. The molecule has 0 aliphatic heterocycles. The molecule has 0 spiro atoms. The molecule has 1 N–H and O–H groups in total. The van der Waals surface area contributed by atoms with Gasteiger partial charge in [0, 0.05) is 6.54 Å². The number of carbonyl (C=O) groups is 1. The third-order valence-corrected chi connectivity index (χ3v) is 3.75. The summed E-state index contributed by atoms with van der Waals surface area (Å²) in [5, 5.41) is 2.60. The van der Waals surface area contributed by atoms with E-state index in [2.05, 4.69) is 5.32 Å². The van der Waals surface area contributed by atoms with Gasteiger partial charge in [-0.05, 0) is 42.7 Å². The predicted octanol–water partition coefficient (Wildman–Crippen LogP) is 4.35. The molecule has 0 aromatic heterocycles. The zero-order chi connectivity index (χ0) is 18.4. The normalized spacial score (nSPS) is 12.5. The lowest BCUT2D eigenvalue weighted by Gasteiger charge is -2.17. The summed E-state index contributed by atoms with van der Waals surface area (Å²) in [6.07, 6.45) is -4.38. The van der Waals surface area contributed by atoms with Crippen LogP contribution in [-0.4, -0.2) is 12.0 Å². The highest BCUT2D eigenvalue weighted by Crippen LogP contribution is 2.29. The molecule has 0 saturated carbocycles. The quantitative estimate of drug-likeness (QED) is 0.840. The minimum absolute atomic E-state index is 0.00583. The number of alkyl halides is 3. The Kier molecular flexibility index (Phi) is 6.07. The number of hydrogen-bond donors (Lipinski definition) is 1. The standard InChI is InChI=1S/C19H20F3NO2/c1-3-15-8-4-5-10-17(15)25-13(2)18(24)23-12-14-7-6-9-16(11-14)19(20,21)22/h4-11,13H,3,12H2,1-2H3,(H,23,24). The van der Waals surface area contributed by atoms with E-state index in [4.69, 9.17) is 4.74 Å². The van der Waals surface area contributed by atoms with E-state index < -0.39 is 17.8 Å². The van der Waals surface area contributed by atoms with Crippen LogP contribution in [0.5, 0.6) is 5.75 Å². The van der Waals surface area contributed by atoms with E-state index in [9.17, 15) is 18.0 Å². The number of halogens is 3. The lowest BCUT2D eigenvalue weighted by atomic mass is 10.1. The second-order valence-corrected chi connectivity index (χ2v) is 5.64. The molecule has 134 valence electrons. The summed E-state index contributed by atoms with van der Waals surface area (Å²) < 4.78 is 43.8. The van der Waals surface area contributed by atoms with Gasteiger partial charge in [-0.1, -0.05) is 37.3 Å². The number of amides is 1. The molecule has 2 aromatic rings. The Hall–Kier alpha value is -2.50. The van der Waals surface area contributed by atoms with Crippen LogP contribution in [0, 0.1) is 0 Å². The smallest absolute Gasteiger partial charge is 0.416 e. The van der Waals surface area contributed by atoms with E-state index in [1.165, 1.54) is 12.1 Å². The van der Waals surface area contributed by atoms with Crippen molar-refractivity contribution in [3.8, 4) is 5.75 Å². The monoisotopic (exact) mass is 351 g/mol. The molecule has 1 atom stereocenters. The van der Waals surface area contributed by atoms with Crippen LogP contribution in [0.4, 0.5) is 13.2 Å². The van der Waals surface area contributed by atoms with Crippen molar-refractivity contribution < 1.29 is 22.7 Å². The molecule has 3 nitrogen and oxygen atoms in total. The average molecular weight is 351 g/mol. The maximum Gasteiger partial charge on any atom is 0.416 e. The lowest BCUT2D eigenvalue weighted by molar-refractivity contribution is -0.137. The summed E-state index contributed by atoms with van der Waals surface area (Å²) in [7, 11) is 0. The van der Waals surface area contributed by atoms with Crippen LogP contribution in [0.3, 0.4) is 0 Å². The van der Waals surface area contributed by atoms with Crippen molar-refractivity contribution in [3.63, 3.8) is 0 Å². The molecule has 0 aliphatic rings. The Balaban J connectivity index is 1.96. The number of ether oxygens (including phenoxy) is 1. The molecular formula is C19H20F3NO2. The predicted molar refractivity (Wildman–Crippen MR) is 89.2 cm³/mol. The number of para-hydroxylation sites is 1. The van der Waals surface area contributed by atoms with Crippen molar-refractivity contribution in [1.29, 1.82) is 0 Å². The summed E-state index contributed by atoms with van der Waals surface area (Å²) in [6, 6.07) is 12.3. The van der Waals surface area contributed by atoms with Gasteiger partial charge in [0.15, 0.2) is 6.10 Å². The van der Waals surface area contributed by atoms with Crippen LogP contribution in [0.15, 0.2) is 48.5 Å². The van der Waals surface area contributed by atoms with E-state index in [1.54, 1.807) is 13.0 Å². The van der Waals surface area contributed by atoms with Crippen LogP contribution >= 0.6 is 0 Å². The summed E-state index contributed by atoms with van der Waals surface area (Å²) >= 11 is 0. The van der Waals surface area contributed by atoms with Crippen molar-refractivity contribution in [3.05, 3.63) is 65.2 Å². The third-order valence-electron chi connectivity index (χ3n) is 3.75. The highest BCUT2D eigenvalue weighted by atomic mass is 19.4. The number of hydrogen-bond acceptors (Lipinski definition) is 2. The van der Waals surface area contributed by atoms with Crippen LogP contribution in [0.2, 0.25) is 0 Å². The van der Waals surface area contributed by atoms with Crippen molar-refractivity contribution in [2.24, 2.45) is 0 Å². The summed E-state index contributed by atoms with van der Waals surface area (Å²) in [5.74, 6) is 0.245. The first-order chi connectivity index (χ1) is 11.8. The van der Waals surface area contributed by atoms with Crippen molar-refractivity contribution in [2.45, 2.75) is 39.1 Å². The maximum absolute atomic E-state index is 12.7. The number of aryl methyl sites for hydroxylation is 1. The van der Waals surface area contributed by atoms with Gasteiger partial charge in [0.1, 0.15) is 5.75 Å². The Labute approximate surface area is 144 Å². The molecule has 0 heterocycles. The first-order valence-electron chi connectivity index (χ1n) is 7.99. The molecule has 2 aromatic carbocycles. The minimum Gasteiger partial charge on any atom is -0.481 e. The van der Waals surface area contributed by atoms with Gasteiger partial charge in [0.25, 0.3) is 5.91 Å². The molecule has 1 amide bonds. The van der Waals surface area contributed by atoms with Crippen LogP contribution in [0.1, 0.15) is 30.5 Å². The Bertz CT molecular complexity index is 729. The fourth-order valence-corrected chi connectivity index (χ4v) is 2.35. The Morgan fingerprint density at radius 3 is 2.56 bits per heavy atom. The number of nitrogens with one attached hydrogen (secondary N) is 1. The van der Waals surface area contributed by atoms with Crippen LogP contribution in [-0.2, 0) is 23.9 Å². The van der Waals surface area contributed by atoms with Crippen LogP contribution < -0.4 is 10.1 Å². The molecule has 0 fully saturated rings. The van der Waals surface area contributed by atoms with Gasteiger partial charge in [-0.25, -0.2) is 0 Å². The number of carbonyl (C=O) groups excluding carboxylic acids is 1. The molecule has 25 heavy (non-hydrogen) atoms. The van der Waals surface area contributed by atoms with Crippen molar-refractivity contribution in [1.82, 2.24) is 5.32 Å². The Morgan fingerprint density at radius 2 is 1.88 bits per heavy atom. The lowest BCUT2D eigenvalue weighted by Crippen LogP contribution is -2.36. The molecule has 0 aliphatic carbocycles. The van der Waals surface area contributed by atoms with Gasteiger partial charge >= 0.3 is 6.18 Å². The SMILES string of the molecule is CCc1ccccc1OC(C)C(=O)NCc1cccc(C(F)(F)F)c1. The molecule has 6 heteroatoms. The van der Waals surface area contributed by atoms with E-state index in [-0.39, 0.29) is 12.5 Å². The number of rotatable bonds is 6. The summed E-state index contributed by atoms with van der Waals surface area (Å²) in [5.41, 5.74) is 0.629. The maximum atomic E-state index is 12.7. The molecular weight excluding hydrogens is 331 g/mol. The minimum atomic E-state index is -4.40. The van der Waals surface area contributed by atoms with E-state index >= 15 is 0 Å². The zero-order valence-electron chi connectivity index (χ0n) is 14.1. The number of benzene rings is 2. The first kappa shape index (κ1) is 18.8. The summed E-state index contributed by atoms with van der Waals surface area (Å²) in [6.45, 7) is 3.60. The first-order valence-corrected chi connectivity index (χ1v) is 7.99. The molecule has 1 unspecified atom stereocenters. The van der Waals surface area contributed by atoms with Gasteiger partial charge < -0.3 is 10.1 Å². The zero-order valence-corrected chi connectivity index (χ0v) is 14.1. The second kappa shape index (κ2) is 8.05. The topological polar surface area (TPSA) is 38.3 Å². The second-order valence-electron chi connectivity index (χ2n) is 5.64. The van der Waals surface area contributed by atoms with Gasteiger partial charge in [0.05, 0.1) is 5.56 Å². The highest BCUT2D eigenvalue weighted by Gasteiger charge is 2.30. The highest BCUT2D eigenvalue weighted by molar-refractivity contribution is 5.80. The van der Waals surface area contributed by atoms with E-state index in [0.717, 1.165) is 24.1 Å². The van der Waals surface area contributed by atoms with Gasteiger partial charge in [0.2, 0.25) is 0 Å². The van der Waals surface area contributed by atoms with Gasteiger partial charge in [-0.15, -0.1) is 0 Å². The van der Waals surface area contributed by atoms with Crippen molar-refractivity contribution in [2.75, 3.05) is 0 Å². The molecule has 0 bridgehead atoms. The molecule has 0 radical (unpaired) electrons. The van der Waals surface area contributed by atoms with Crippen LogP contribution in [0.25, 0.3) is 0 Å². The van der Waals surface area contributed by atoms with Crippen molar-refractivity contribution >= 4 is 5.91 Å². The largest absolute Gasteiger partial charge is 0.481 e.